The molecule has 0 aromatic heterocycles. The van der Waals surface area contributed by atoms with Crippen LogP contribution in [0.25, 0.3) is 11.1 Å². The van der Waals surface area contributed by atoms with Crippen LogP contribution in [-0.2, 0) is 4.74 Å². The number of carbonyl (C=O) groups excluding carboxylic acids is 1. The number of hydrogen-bond donors (Lipinski definition) is 1. The maximum absolute atomic E-state index is 13.1. The van der Waals surface area contributed by atoms with Crippen LogP contribution in [0, 0.1) is 5.82 Å². The lowest BCUT2D eigenvalue weighted by Gasteiger charge is -2.07. The van der Waals surface area contributed by atoms with Crippen LogP contribution in [0.4, 0.5) is 10.1 Å². The molecule has 0 aliphatic heterocycles. The van der Waals surface area contributed by atoms with E-state index in [1.54, 1.807) is 30.3 Å². The van der Waals surface area contributed by atoms with Gasteiger partial charge in [-0.1, -0.05) is 18.2 Å². The van der Waals surface area contributed by atoms with E-state index in [0.29, 0.717) is 16.8 Å². The molecule has 0 spiro atoms. The quantitative estimate of drug-likeness (QED) is 0.653. The molecule has 0 atom stereocenters. The smallest absolute Gasteiger partial charge is 0.339 e. The Morgan fingerprint density at radius 3 is 2.56 bits per heavy atom. The van der Waals surface area contributed by atoms with E-state index >= 15 is 0 Å². The van der Waals surface area contributed by atoms with E-state index in [2.05, 4.69) is 4.74 Å². The van der Waals surface area contributed by atoms with Gasteiger partial charge in [0.1, 0.15) is 5.82 Å². The number of rotatable bonds is 2. The molecule has 2 aromatic rings. The van der Waals surface area contributed by atoms with Gasteiger partial charge in [0.05, 0.1) is 12.7 Å². The maximum Gasteiger partial charge on any atom is 0.339 e. The Morgan fingerprint density at radius 1 is 1.17 bits per heavy atom. The summed E-state index contributed by atoms with van der Waals surface area (Å²) in [5.74, 6) is -0.838. The molecule has 0 aliphatic rings. The standard InChI is InChI=1S/C14H12FNO2/c1-18-14(17)12-8-10(5-6-13(12)16)9-3-2-4-11(15)7-9/h2-8H,16H2,1H3. The number of carbonyl (C=O) groups is 1. The minimum Gasteiger partial charge on any atom is -0.465 e. The number of halogens is 1. The Bertz CT molecular complexity index is 596. The molecule has 2 rings (SSSR count). The molecule has 2 N–H and O–H groups in total. The molecule has 0 unspecified atom stereocenters. The van der Waals surface area contributed by atoms with E-state index in [4.69, 9.17) is 5.73 Å². The molecule has 3 nitrogen and oxygen atoms in total. The molecule has 0 aliphatic carbocycles. The van der Waals surface area contributed by atoms with Crippen molar-refractivity contribution in [3.63, 3.8) is 0 Å². The van der Waals surface area contributed by atoms with Gasteiger partial charge in [-0.15, -0.1) is 0 Å². The van der Waals surface area contributed by atoms with Gasteiger partial charge in [0.2, 0.25) is 0 Å². The first-order valence-corrected chi connectivity index (χ1v) is 5.35. The van der Waals surface area contributed by atoms with Gasteiger partial charge in [0, 0.05) is 5.69 Å². The summed E-state index contributed by atoms with van der Waals surface area (Å²) in [6.45, 7) is 0. The molecule has 0 fully saturated rings. The first-order valence-electron chi connectivity index (χ1n) is 5.35. The van der Waals surface area contributed by atoms with E-state index in [9.17, 15) is 9.18 Å². The number of esters is 1. The summed E-state index contributed by atoms with van der Waals surface area (Å²) in [7, 11) is 1.29. The van der Waals surface area contributed by atoms with Crippen molar-refractivity contribution < 1.29 is 13.9 Å². The van der Waals surface area contributed by atoms with E-state index < -0.39 is 5.97 Å². The normalized spacial score (nSPS) is 10.1. The lowest BCUT2D eigenvalue weighted by molar-refractivity contribution is 0.0602. The van der Waals surface area contributed by atoms with Gasteiger partial charge in [-0.25, -0.2) is 9.18 Å². The van der Waals surface area contributed by atoms with E-state index in [-0.39, 0.29) is 11.4 Å². The van der Waals surface area contributed by atoms with Gasteiger partial charge in [-0.05, 0) is 35.4 Å². The Kier molecular flexibility index (Phi) is 3.28. The summed E-state index contributed by atoms with van der Waals surface area (Å²) in [6, 6.07) is 11.1. The van der Waals surface area contributed by atoms with Crippen LogP contribution in [0.2, 0.25) is 0 Å². The average Bonchev–Trinajstić information content (AvgIpc) is 2.38. The van der Waals surface area contributed by atoms with Crippen LogP contribution in [0.3, 0.4) is 0 Å². The minimum atomic E-state index is -0.509. The maximum atomic E-state index is 13.1. The number of ether oxygens (including phenoxy) is 1. The number of hydrogen-bond acceptors (Lipinski definition) is 3. The molecule has 92 valence electrons. The van der Waals surface area contributed by atoms with Crippen LogP contribution in [0.1, 0.15) is 10.4 Å². The van der Waals surface area contributed by atoms with Gasteiger partial charge in [0.25, 0.3) is 0 Å². The van der Waals surface area contributed by atoms with Crippen LogP contribution in [0.5, 0.6) is 0 Å². The molecule has 0 radical (unpaired) electrons. The van der Waals surface area contributed by atoms with E-state index in [1.165, 1.54) is 19.2 Å². The number of nitrogen functional groups attached to an aromatic ring is 1. The molecule has 0 heterocycles. The van der Waals surface area contributed by atoms with Crippen molar-refractivity contribution in [2.75, 3.05) is 12.8 Å². The molecular weight excluding hydrogens is 233 g/mol. The fourth-order valence-electron chi connectivity index (χ4n) is 1.69. The zero-order valence-electron chi connectivity index (χ0n) is 9.81. The predicted octanol–water partition coefficient (Wildman–Crippen LogP) is 2.86. The van der Waals surface area contributed by atoms with Crippen LogP contribution in [0.15, 0.2) is 42.5 Å². The van der Waals surface area contributed by atoms with Gasteiger partial charge in [-0.3, -0.25) is 0 Å². The van der Waals surface area contributed by atoms with Crippen LogP contribution >= 0.6 is 0 Å². The van der Waals surface area contributed by atoms with Crippen molar-refractivity contribution in [2.24, 2.45) is 0 Å². The van der Waals surface area contributed by atoms with Crippen LogP contribution in [-0.4, -0.2) is 13.1 Å². The third kappa shape index (κ3) is 2.32. The third-order valence-corrected chi connectivity index (χ3v) is 2.62. The molecule has 18 heavy (non-hydrogen) atoms. The summed E-state index contributed by atoms with van der Waals surface area (Å²) in [6.07, 6.45) is 0. The summed E-state index contributed by atoms with van der Waals surface area (Å²) in [4.78, 5) is 11.5. The summed E-state index contributed by atoms with van der Waals surface area (Å²) in [5, 5.41) is 0. The Balaban J connectivity index is 2.50. The SMILES string of the molecule is COC(=O)c1cc(-c2cccc(F)c2)ccc1N. The molecule has 0 saturated carbocycles. The molecular formula is C14H12FNO2. The van der Waals surface area contributed by atoms with E-state index in [1.807, 2.05) is 0 Å². The fourth-order valence-corrected chi connectivity index (χ4v) is 1.69. The minimum absolute atomic E-state index is 0.277. The number of benzene rings is 2. The largest absolute Gasteiger partial charge is 0.465 e. The van der Waals surface area contributed by atoms with Crippen molar-refractivity contribution in [1.29, 1.82) is 0 Å². The van der Waals surface area contributed by atoms with Crippen molar-refractivity contribution in [3.8, 4) is 11.1 Å². The van der Waals surface area contributed by atoms with Crippen molar-refractivity contribution in [1.82, 2.24) is 0 Å². The molecule has 4 heteroatoms. The zero-order chi connectivity index (χ0) is 13.1. The monoisotopic (exact) mass is 245 g/mol. The number of anilines is 1. The zero-order valence-corrected chi connectivity index (χ0v) is 9.81. The van der Waals surface area contributed by atoms with Gasteiger partial charge in [0.15, 0.2) is 0 Å². The van der Waals surface area contributed by atoms with Crippen molar-refractivity contribution in [2.45, 2.75) is 0 Å². The first kappa shape index (κ1) is 12.1. The van der Waals surface area contributed by atoms with Crippen LogP contribution < -0.4 is 5.73 Å². The lowest BCUT2D eigenvalue weighted by Crippen LogP contribution is -2.05. The highest BCUT2D eigenvalue weighted by Crippen LogP contribution is 2.24. The third-order valence-electron chi connectivity index (χ3n) is 2.62. The Hall–Kier alpha value is -2.36. The fraction of sp³-hybridized carbons (Fsp3) is 0.0714. The topological polar surface area (TPSA) is 52.3 Å². The van der Waals surface area contributed by atoms with Gasteiger partial charge >= 0.3 is 5.97 Å². The highest BCUT2D eigenvalue weighted by Gasteiger charge is 2.11. The van der Waals surface area contributed by atoms with Gasteiger partial charge < -0.3 is 10.5 Å². The summed E-state index contributed by atoms with van der Waals surface area (Å²) >= 11 is 0. The van der Waals surface area contributed by atoms with Crippen molar-refractivity contribution in [3.05, 3.63) is 53.8 Å². The number of methoxy groups -OCH3 is 1. The lowest BCUT2D eigenvalue weighted by atomic mass is 10.0. The second-order valence-corrected chi connectivity index (χ2v) is 3.80. The summed E-state index contributed by atoms with van der Waals surface area (Å²) < 4.78 is 17.8. The molecule has 2 aromatic carbocycles. The first-order chi connectivity index (χ1) is 8.61. The Labute approximate surface area is 104 Å². The average molecular weight is 245 g/mol. The molecule has 0 amide bonds. The highest BCUT2D eigenvalue weighted by atomic mass is 19.1. The van der Waals surface area contributed by atoms with E-state index in [0.717, 1.165) is 0 Å². The second kappa shape index (κ2) is 4.87. The second-order valence-electron chi connectivity index (χ2n) is 3.80. The molecule has 0 bridgehead atoms. The predicted molar refractivity (Wildman–Crippen MR) is 67.6 cm³/mol. The van der Waals surface area contributed by atoms with Gasteiger partial charge in [-0.2, -0.15) is 0 Å². The highest BCUT2D eigenvalue weighted by molar-refractivity contribution is 5.96. The number of nitrogens with two attached hydrogens (primary N) is 1. The Morgan fingerprint density at radius 2 is 1.89 bits per heavy atom. The molecule has 0 saturated heterocycles. The van der Waals surface area contributed by atoms with Crippen molar-refractivity contribution >= 4 is 11.7 Å². The summed E-state index contributed by atoms with van der Waals surface area (Å²) in [5.41, 5.74) is 7.70.